The van der Waals surface area contributed by atoms with Crippen LogP contribution in [-0.4, -0.2) is 22.0 Å². The molecule has 0 unspecified atom stereocenters. The molecule has 18 heavy (non-hydrogen) atoms. The quantitative estimate of drug-likeness (QED) is 0.858. The Morgan fingerprint density at radius 1 is 1.28 bits per heavy atom. The van der Waals surface area contributed by atoms with Crippen LogP contribution < -0.4 is 10.6 Å². The minimum absolute atomic E-state index is 0.214. The summed E-state index contributed by atoms with van der Waals surface area (Å²) in [5, 5.41) is 0. The van der Waals surface area contributed by atoms with Crippen LogP contribution in [-0.2, 0) is 0 Å². The number of rotatable bonds is 3. The zero-order valence-corrected chi connectivity index (χ0v) is 10.5. The maximum Gasteiger partial charge on any atom is 0.230 e. The molecule has 2 N–H and O–H groups in total. The van der Waals surface area contributed by atoms with Gasteiger partial charge >= 0.3 is 0 Å². The average Bonchev–Trinajstić information content (AvgIpc) is 2.39. The lowest BCUT2D eigenvalue weighted by molar-refractivity contribution is 0.628. The zero-order chi connectivity index (χ0) is 13.1. The lowest BCUT2D eigenvalue weighted by Gasteiger charge is -2.17. The van der Waals surface area contributed by atoms with E-state index in [1.807, 2.05) is 0 Å². The van der Waals surface area contributed by atoms with E-state index in [4.69, 9.17) is 18.0 Å². The summed E-state index contributed by atoms with van der Waals surface area (Å²) >= 11 is 4.86. The Morgan fingerprint density at radius 3 is 2.56 bits per heavy atom. The molecular formula is C12H11FN4S. The predicted molar refractivity (Wildman–Crippen MR) is 72.4 cm³/mol. The van der Waals surface area contributed by atoms with Crippen molar-refractivity contribution in [3.8, 4) is 0 Å². The van der Waals surface area contributed by atoms with Gasteiger partial charge in [-0.25, -0.2) is 14.4 Å². The standard InChI is InChI=1S/C12H11FN4S/c1-17(9-4-2-8(13)3-5-9)12-15-7-6-10(16-12)11(14)18/h2-7H,1H3,(H2,14,18). The molecule has 0 radical (unpaired) electrons. The summed E-state index contributed by atoms with van der Waals surface area (Å²) < 4.78 is 12.8. The van der Waals surface area contributed by atoms with Crippen molar-refractivity contribution in [1.82, 2.24) is 9.97 Å². The van der Waals surface area contributed by atoms with Crippen molar-refractivity contribution in [2.24, 2.45) is 5.73 Å². The molecule has 0 bridgehead atoms. The van der Waals surface area contributed by atoms with Crippen LogP contribution in [0.5, 0.6) is 0 Å². The second-order valence-electron chi connectivity index (χ2n) is 3.64. The van der Waals surface area contributed by atoms with E-state index in [1.165, 1.54) is 12.1 Å². The largest absolute Gasteiger partial charge is 0.388 e. The Hall–Kier alpha value is -2.08. The van der Waals surface area contributed by atoms with E-state index in [1.54, 1.807) is 36.3 Å². The minimum atomic E-state index is -0.287. The number of halogens is 1. The summed E-state index contributed by atoms with van der Waals surface area (Å²) in [6.07, 6.45) is 1.58. The molecule has 0 aliphatic carbocycles. The maximum absolute atomic E-state index is 12.8. The normalized spacial score (nSPS) is 10.1. The summed E-state index contributed by atoms with van der Waals surface area (Å²) in [6, 6.07) is 7.69. The zero-order valence-electron chi connectivity index (χ0n) is 9.67. The van der Waals surface area contributed by atoms with Crippen molar-refractivity contribution < 1.29 is 4.39 Å². The molecule has 0 aliphatic heterocycles. The number of nitrogens with two attached hydrogens (primary N) is 1. The molecule has 0 saturated carbocycles. The number of hydrogen-bond acceptors (Lipinski definition) is 4. The Kier molecular flexibility index (Phi) is 3.47. The average molecular weight is 262 g/mol. The van der Waals surface area contributed by atoms with E-state index in [2.05, 4.69) is 9.97 Å². The van der Waals surface area contributed by atoms with Crippen molar-refractivity contribution in [2.75, 3.05) is 11.9 Å². The molecule has 6 heteroatoms. The fourth-order valence-electron chi connectivity index (χ4n) is 1.43. The Morgan fingerprint density at radius 2 is 1.94 bits per heavy atom. The molecule has 0 spiro atoms. The first-order valence-electron chi connectivity index (χ1n) is 5.20. The van der Waals surface area contributed by atoms with Crippen LogP contribution in [0.25, 0.3) is 0 Å². The number of hydrogen-bond donors (Lipinski definition) is 1. The second kappa shape index (κ2) is 5.05. The smallest absolute Gasteiger partial charge is 0.230 e. The van der Waals surface area contributed by atoms with Crippen molar-refractivity contribution in [1.29, 1.82) is 0 Å². The molecule has 0 fully saturated rings. The predicted octanol–water partition coefficient (Wildman–Crippen LogP) is 2.02. The van der Waals surface area contributed by atoms with E-state index in [-0.39, 0.29) is 10.8 Å². The van der Waals surface area contributed by atoms with Crippen LogP contribution in [0.3, 0.4) is 0 Å². The highest BCUT2D eigenvalue weighted by molar-refractivity contribution is 7.80. The van der Waals surface area contributed by atoms with Gasteiger partial charge in [0.05, 0.1) is 0 Å². The van der Waals surface area contributed by atoms with Crippen LogP contribution in [0.4, 0.5) is 16.0 Å². The number of anilines is 2. The van der Waals surface area contributed by atoms with Gasteiger partial charge in [-0.05, 0) is 30.3 Å². The summed E-state index contributed by atoms with van der Waals surface area (Å²) in [5.74, 6) is 0.164. The van der Waals surface area contributed by atoms with Gasteiger partial charge in [-0.1, -0.05) is 12.2 Å². The van der Waals surface area contributed by atoms with Gasteiger partial charge in [0, 0.05) is 18.9 Å². The maximum atomic E-state index is 12.8. The molecular weight excluding hydrogens is 251 g/mol. The Labute approximate surface area is 109 Å². The number of nitrogens with zero attached hydrogens (tertiary/aromatic N) is 3. The fourth-order valence-corrected chi connectivity index (χ4v) is 1.54. The summed E-state index contributed by atoms with van der Waals surface area (Å²) in [7, 11) is 1.78. The van der Waals surface area contributed by atoms with E-state index < -0.39 is 0 Å². The molecule has 92 valence electrons. The molecule has 1 heterocycles. The molecule has 2 aromatic rings. The second-order valence-corrected chi connectivity index (χ2v) is 4.08. The fraction of sp³-hybridized carbons (Fsp3) is 0.0833. The SMILES string of the molecule is CN(c1ccc(F)cc1)c1nccc(C(N)=S)n1. The monoisotopic (exact) mass is 262 g/mol. The van der Waals surface area contributed by atoms with Gasteiger partial charge in [-0.2, -0.15) is 0 Å². The molecule has 0 saturated heterocycles. The van der Waals surface area contributed by atoms with E-state index in [0.717, 1.165) is 5.69 Å². The number of thiocarbonyl (C=S) groups is 1. The number of benzene rings is 1. The van der Waals surface area contributed by atoms with Crippen LogP contribution in [0.2, 0.25) is 0 Å². The third kappa shape index (κ3) is 2.60. The molecule has 0 aliphatic rings. The highest BCUT2D eigenvalue weighted by atomic mass is 32.1. The molecule has 1 aromatic heterocycles. The molecule has 4 nitrogen and oxygen atoms in total. The van der Waals surface area contributed by atoms with Crippen molar-refractivity contribution in [3.05, 3.63) is 48.0 Å². The van der Waals surface area contributed by atoms with E-state index >= 15 is 0 Å². The van der Waals surface area contributed by atoms with Gasteiger partial charge in [0.1, 0.15) is 16.5 Å². The van der Waals surface area contributed by atoms with Crippen LogP contribution in [0.15, 0.2) is 36.5 Å². The van der Waals surface area contributed by atoms with Gasteiger partial charge in [-0.3, -0.25) is 0 Å². The first-order valence-corrected chi connectivity index (χ1v) is 5.61. The molecule has 1 aromatic carbocycles. The highest BCUT2D eigenvalue weighted by Gasteiger charge is 2.08. The van der Waals surface area contributed by atoms with Gasteiger partial charge < -0.3 is 10.6 Å². The van der Waals surface area contributed by atoms with Gasteiger partial charge in [0.2, 0.25) is 5.95 Å². The summed E-state index contributed by atoms with van der Waals surface area (Å²) in [5.41, 5.74) is 6.79. The Bertz CT molecular complexity index is 571. The van der Waals surface area contributed by atoms with E-state index in [9.17, 15) is 4.39 Å². The van der Waals surface area contributed by atoms with Crippen molar-refractivity contribution in [3.63, 3.8) is 0 Å². The van der Waals surface area contributed by atoms with E-state index in [0.29, 0.717) is 11.6 Å². The highest BCUT2D eigenvalue weighted by Crippen LogP contribution is 2.19. The summed E-state index contributed by atoms with van der Waals surface area (Å²) in [4.78, 5) is 10.3. The summed E-state index contributed by atoms with van der Waals surface area (Å²) in [6.45, 7) is 0. The first-order chi connectivity index (χ1) is 8.58. The van der Waals surface area contributed by atoms with Crippen LogP contribution in [0.1, 0.15) is 5.69 Å². The lowest BCUT2D eigenvalue weighted by Crippen LogP contribution is -2.17. The third-order valence-electron chi connectivity index (χ3n) is 2.41. The lowest BCUT2D eigenvalue weighted by atomic mass is 10.3. The molecule has 0 amide bonds. The third-order valence-corrected chi connectivity index (χ3v) is 2.62. The van der Waals surface area contributed by atoms with Gasteiger partial charge in [0.15, 0.2) is 0 Å². The van der Waals surface area contributed by atoms with Crippen molar-refractivity contribution >= 4 is 28.8 Å². The molecule has 0 atom stereocenters. The van der Waals surface area contributed by atoms with Crippen molar-refractivity contribution in [2.45, 2.75) is 0 Å². The van der Waals surface area contributed by atoms with Crippen LogP contribution >= 0.6 is 12.2 Å². The minimum Gasteiger partial charge on any atom is -0.388 e. The van der Waals surface area contributed by atoms with Gasteiger partial charge in [-0.15, -0.1) is 0 Å². The molecule has 2 rings (SSSR count). The first kappa shape index (κ1) is 12.4. The Balaban J connectivity index is 2.33. The topological polar surface area (TPSA) is 55.0 Å². The number of aromatic nitrogens is 2. The van der Waals surface area contributed by atoms with Crippen LogP contribution in [0, 0.1) is 5.82 Å². The van der Waals surface area contributed by atoms with Gasteiger partial charge in [0.25, 0.3) is 0 Å².